The van der Waals surface area contributed by atoms with E-state index >= 15 is 0 Å². The molecular formula is C16H19BrN4. The third-order valence-corrected chi connectivity index (χ3v) is 4.79. The number of benzene rings is 1. The second kappa shape index (κ2) is 6.54. The van der Waals surface area contributed by atoms with E-state index in [0.717, 1.165) is 16.0 Å². The molecule has 5 heteroatoms. The molecule has 1 aromatic carbocycles. The normalized spacial score (nSPS) is 15.3. The zero-order chi connectivity index (χ0) is 14.7. The average Bonchev–Trinajstić information content (AvgIpc) is 3.04. The molecule has 0 spiro atoms. The van der Waals surface area contributed by atoms with Crippen molar-refractivity contribution < 1.29 is 0 Å². The van der Waals surface area contributed by atoms with Gasteiger partial charge in [0.05, 0.1) is 0 Å². The molecule has 0 radical (unpaired) electrons. The van der Waals surface area contributed by atoms with Crippen LogP contribution in [0.3, 0.4) is 0 Å². The van der Waals surface area contributed by atoms with Crippen molar-refractivity contribution in [3.05, 3.63) is 51.9 Å². The van der Waals surface area contributed by atoms with Crippen molar-refractivity contribution in [3.63, 3.8) is 0 Å². The number of hydrazine groups is 1. The van der Waals surface area contributed by atoms with Gasteiger partial charge >= 0.3 is 0 Å². The van der Waals surface area contributed by atoms with Crippen LogP contribution in [-0.4, -0.2) is 9.97 Å². The molecule has 21 heavy (non-hydrogen) atoms. The summed E-state index contributed by atoms with van der Waals surface area (Å²) in [5, 5.41) is 0. The lowest BCUT2D eigenvalue weighted by Crippen LogP contribution is -2.13. The molecule has 1 fully saturated rings. The minimum atomic E-state index is 0.554. The van der Waals surface area contributed by atoms with Gasteiger partial charge in [-0.25, -0.2) is 15.8 Å². The Morgan fingerprint density at radius 3 is 2.67 bits per heavy atom. The number of halogens is 1. The fourth-order valence-corrected chi connectivity index (χ4v) is 3.34. The van der Waals surface area contributed by atoms with E-state index in [4.69, 9.17) is 10.8 Å². The van der Waals surface area contributed by atoms with E-state index in [1.807, 2.05) is 24.3 Å². The number of rotatable bonds is 4. The predicted molar refractivity (Wildman–Crippen MR) is 88.0 cm³/mol. The van der Waals surface area contributed by atoms with Gasteiger partial charge in [-0.15, -0.1) is 0 Å². The van der Waals surface area contributed by atoms with Crippen molar-refractivity contribution in [1.82, 2.24) is 9.97 Å². The van der Waals surface area contributed by atoms with E-state index < -0.39 is 0 Å². The van der Waals surface area contributed by atoms with Gasteiger partial charge in [0.25, 0.3) is 0 Å². The molecule has 0 bridgehead atoms. The van der Waals surface area contributed by atoms with Crippen LogP contribution in [0.1, 0.15) is 48.7 Å². The summed E-state index contributed by atoms with van der Waals surface area (Å²) in [7, 11) is 0. The first-order valence-corrected chi connectivity index (χ1v) is 8.13. The lowest BCUT2D eigenvalue weighted by molar-refractivity contribution is 0.686. The van der Waals surface area contributed by atoms with Crippen LogP contribution in [0.15, 0.2) is 34.8 Å². The Bertz CT molecular complexity index is 623. The largest absolute Gasteiger partial charge is 0.308 e. The topological polar surface area (TPSA) is 63.8 Å². The maximum absolute atomic E-state index is 5.56. The SMILES string of the molecule is NNc1cc(C2CCCC2)nc(Cc2ccccc2Br)n1. The monoisotopic (exact) mass is 346 g/mol. The summed E-state index contributed by atoms with van der Waals surface area (Å²) in [6.07, 6.45) is 5.72. The summed E-state index contributed by atoms with van der Waals surface area (Å²) in [6.45, 7) is 0. The second-order valence-electron chi connectivity index (χ2n) is 5.49. The number of hydrogen-bond acceptors (Lipinski definition) is 4. The average molecular weight is 347 g/mol. The lowest BCUT2D eigenvalue weighted by atomic mass is 10.0. The number of nitrogen functional groups attached to an aromatic ring is 1. The molecule has 4 nitrogen and oxygen atoms in total. The van der Waals surface area contributed by atoms with E-state index in [9.17, 15) is 0 Å². The Labute approximate surface area is 133 Å². The van der Waals surface area contributed by atoms with Gasteiger partial charge in [0.15, 0.2) is 0 Å². The Hall–Kier alpha value is -1.46. The first-order chi connectivity index (χ1) is 10.3. The molecule has 1 aliphatic carbocycles. The summed E-state index contributed by atoms with van der Waals surface area (Å²) in [5.74, 6) is 7.64. The molecule has 2 aromatic rings. The quantitative estimate of drug-likeness (QED) is 0.653. The van der Waals surface area contributed by atoms with Crippen LogP contribution in [-0.2, 0) is 6.42 Å². The Morgan fingerprint density at radius 2 is 1.95 bits per heavy atom. The predicted octanol–water partition coefficient (Wildman–Crippen LogP) is 3.77. The molecule has 1 heterocycles. The Kier molecular flexibility index (Phi) is 4.51. The summed E-state index contributed by atoms with van der Waals surface area (Å²) in [6, 6.07) is 10.2. The number of aromatic nitrogens is 2. The maximum atomic E-state index is 5.56. The van der Waals surface area contributed by atoms with Crippen molar-refractivity contribution in [2.45, 2.75) is 38.0 Å². The molecule has 3 rings (SSSR count). The van der Waals surface area contributed by atoms with Crippen LogP contribution < -0.4 is 11.3 Å². The minimum absolute atomic E-state index is 0.554. The van der Waals surface area contributed by atoms with E-state index in [2.05, 4.69) is 32.4 Å². The molecule has 0 unspecified atom stereocenters. The van der Waals surface area contributed by atoms with Crippen LogP contribution in [0.4, 0.5) is 5.82 Å². The third-order valence-electron chi connectivity index (χ3n) is 4.02. The fraction of sp³-hybridized carbons (Fsp3) is 0.375. The summed E-state index contributed by atoms with van der Waals surface area (Å²) in [5.41, 5.74) is 4.98. The van der Waals surface area contributed by atoms with Crippen molar-refractivity contribution in [3.8, 4) is 0 Å². The molecule has 1 aliphatic rings. The van der Waals surface area contributed by atoms with Gasteiger partial charge in [0.2, 0.25) is 0 Å². The van der Waals surface area contributed by atoms with E-state index in [-0.39, 0.29) is 0 Å². The van der Waals surface area contributed by atoms with Gasteiger partial charge < -0.3 is 5.43 Å². The van der Waals surface area contributed by atoms with Gasteiger partial charge in [-0.3, -0.25) is 0 Å². The highest BCUT2D eigenvalue weighted by atomic mass is 79.9. The fourth-order valence-electron chi connectivity index (χ4n) is 2.91. The molecule has 1 aromatic heterocycles. The molecular weight excluding hydrogens is 328 g/mol. The molecule has 0 amide bonds. The Morgan fingerprint density at radius 1 is 1.19 bits per heavy atom. The minimum Gasteiger partial charge on any atom is -0.308 e. The zero-order valence-electron chi connectivity index (χ0n) is 11.8. The molecule has 110 valence electrons. The number of nitrogens with two attached hydrogens (primary N) is 1. The smallest absolute Gasteiger partial charge is 0.143 e. The van der Waals surface area contributed by atoms with Gasteiger partial charge in [-0.2, -0.15) is 0 Å². The van der Waals surface area contributed by atoms with Crippen LogP contribution in [0.25, 0.3) is 0 Å². The Balaban J connectivity index is 1.90. The van der Waals surface area contributed by atoms with E-state index in [1.165, 1.54) is 31.2 Å². The van der Waals surface area contributed by atoms with Gasteiger partial charge in [0, 0.05) is 28.6 Å². The van der Waals surface area contributed by atoms with Crippen LogP contribution in [0.5, 0.6) is 0 Å². The highest BCUT2D eigenvalue weighted by Crippen LogP contribution is 2.33. The summed E-state index contributed by atoms with van der Waals surface area (Å²) >= 11 is 3.58. The second-order valence-corrected chi connectivity index (χ2v) is 6.34. The molecule has 0 saturated heterocycles. The molecule has 0 aliphatic heterocycles. The van der Waals surface area contributed by atoms with Crippen LogP contribution in [0, 0.1) is 0 Å². The van der Waals surface area contributed by atoms with Crippen LogP contribution >= 0.6 is 15.9 Å². The summed E-state index contributed by atoms with van der Waals surface area (Å²) < 4.78 is 1.09. The lowest BCUT2D eigenvalue weighted by Gasteiger charge is -2.12. The van der Waals surface area contributed by atoms with E-state index in [1.54, 1.807) is 0 Å². The maximum Gasteiger partial charge on any atom is 0.143 e. The van der Waals surface area contributed by atoms with Crippen molar-refractivity contribution in [2.75, 3.05) is 5.43 Å². The van der Waals surface area contributed by atoms with Gasteiger partial charge in [-0.1, -0.05) is 47.0 Å². The third kappa shape index (κ3) is 3.41. The first kappa shape index (κ1) is 14.5. The zero-order valence-corrected chi connectivity index (χ0v) is 13.4. The van der Waals surface area contributed by atoms with Crippen molar-refractivity contribution in [2.24, 2.45) is 5.84 Å². The molecule has 0 atom stereocenters. The van der Waals surface area contributed by atoms with Crippen LogP contribution in [0.2, 0.25) is 0 Å². The van der Waals surface area contributed by atoms with Gasteiger partial charge in [-0.05, 0) is 24.5 Å². The van der Waals surface area contributed by atoms with Crippen molar-refractivity contribution >= 4 is 21.7 Å². The molecule has 1 saturated carbocycles. The highest BCUT2D eigenvalue weighted by Gasteiger charge is 2.20. The first-order valence-electron chi connectivity index (χ1n) is 7.34. The number of nitrogens with zero attached hydrogens (tertiary/aromatic N) is 2. The number of nitrogens with one attached hydrogen (secondary N) is 1. The molecule has 3 N–H and O–H groups in total. The van der Waals surface area contributed by atoms with Gasteiger partial charge in [0.1, 0.15) is 11.6 Å². The van der Waals surface area contributed by atoms with E-state index in [0.29, 0.717) is 18.2 Å². The number of anilines is 1. The highest BCUT2D eigenvalue weighted by molar-refractivity contribution is 9.10. The standard InChI is InChI=1S/C16H19BrN4/c17-13-8-4-3-7-12(13)9-15-19-14(10-16(20-15)21-18)11-5-1-2-6-11/h3-4,7-8,10-11H,1-2,5-6,9,18H2,(H,19,20,21). The number of hydrogen-bond donors (Lipinski definition) is 2. The summed E-state index contributed by atoms with van der Waals surface area (Å²) in [4.78, 5) is 9.26. The van der Waals surface area contributed by atoms with Crippen molar-refractivity contribution in [1.29, 1.82) is 0 Å².